The number of anilines is 1. The number of nitrogens with zero attached hydrogens (tertiary/aromatic N) is 3. The van der Waals surface area contributed by atoms with Crippen molar-refractivity contribution < 1.29 is 9.59 Å². The summed E-state index contributed by atoms with van der Waals surface area (Å²) in [4.78, 5) is 33.2. The zero-order valence-corrected chi connectivity index (χ0v) is 15.7. The molecule has 136 valence electrons. The van der Waals surface area contributed by atoms with Crippen LogP contribution in [0, 0.1) is 0 Å². The van der Waals surface area contributed by atoms with Crippen LogP contribution in [0.5, 0.6) is 0 Å². The molecule has 0 spiro atoms. The lowest BCUT2D eigenvalue weighted by Gasteiger charge is -2.32. The number of nitrogens with one attached hydrogen (secondary N) is 1. The van der Waals surface area contributed by atoms with Crippen molar-refractivity contribution >= 4 is 40.7 Å². The Balaban J connectivity index is 1.76. The number of hydrogen-bond donors (Lipinski definition) is 1. The molecule has 1 aliphatic heterocycles. The minimum Gasteiger partial charge on any atom is -0.335 e. The van der Waals surface area contributed by atoms with Gasteiger partial charge in [0.2, 0.25) is 0 Å². The van der Waals surface area contributed by atoms with Crippen LogP contribution < -0.4 is 5.32 Å². The van der Waals surface area contributed by atoms with E-state index in [1.165, 1.54) is 0 Å². The van der Waals surface area contributed by atoms with Gasteiger partial charge in [-0.15, -0.1) is 0 Å². The normalized spacial score (nSPS) is 15.0. The van der Waals surface area contributed by atoms with Crippen molar-refractivity contribution in [3.8, 4) is 0 Å². The van der Waals surface area contributed by atoms with Gasteiger partial charge in [0.1, 0.15) is 11.4 Å². The largest absolute Gasteiger partial charge is 0.335 e. The predicted octanol–water partition coefficient (Wildman–Crippen LogP) is 3.03. The zero-order chi connectivity index (χ0) is 18.7. The van der Waals surface area contributed by atoms with Gasteiger partial charge in [0.25, 0.3) is 11.8 Å². The number of hydrogen-bond acceptors (Lipinski definition) is 4. The molecule has 26 heavy (non-hydrogen) atoms. The maximum absolute atomic E-state index is 12.6. The van der Waals surface area contributed by atoms with Crippen molar-refractivity contribution in [1.29, 1.82) is 0 Å². The first-order valence-corrected chi connectivity index (χ1v) is 8.91. The molecule has 1 aromatic carbocycles. The van der Waals surface area contributed by atoms with E-state index in [4.69, 9.17) is 23.2 Å². The minimum atomic E-state index is -0.479. The average molecular weight is 393 g/mol. The first kappa shape index (κ1) is 18.6. The van der Waals surface area contributed by atoms with Gasteiger partial charge in [-0.1, -0.05) is 35.3 Å². The highest BCUT2D eigenvalue weighted by molar-refractivity contribution is 6.40. The van der Waals surface area contributed by atoms with Crippen molar-refractivity contribution in [2.24, 2.45) is 0 Å². The molecule has 1 saturated heterocycles. The fourth-order valence-corrected chi connectivity index (χ4v) is 3.14. The second kappa shape index (κ2) is 8.03. The minimum absolute atomic E-state index is 0.126. The predicted molar refractivity (Wildman–Crippen MR) is 102 cm³/mol. The van der Waals surface area contributed by atoms with E-state index < -0.39 is 5.91 Å². The smallest absolute Gasteiger partial charge is 0.274 e. The molecule has 2 amide bonds. The molecule has 1 fully saturated rings. The molecule has 3 rings (SSSR count). The SMILES string of the molecule is CN1CCN(C(=O)c2cccc(C(=O)Nc3c(Cl)cccc3Cl)n2)CC1. The van der Waals surface area contributed by atoms with Gasteiger partial charge in [-0.25, -0.2) is 4.98 Å². The van der Waals surface area contributed by atoms with Crippen LogP contribution in [0.3, 0.4) is 0 Å². The highest BCUT2D eigenvalue weighted by Gasteiger charge is 2.22. The maximum atomic E-state index is 12.6. The van der Waals surface area contributed by atoms with Gasteiger partial charge in [0, 0.05) is 26.2 Å². The lowest BCUT2D eigenvalue weighted by atomic mass is 10.2. The Labute approximate surface area is 161 Å². The second-order valence-electron chi connectivity index (χ2n) is 6.05. The molecule has 0 unspecified atom stereocenters. The first-order chi connectivity index (χ1) is 12.5. The van der Waals surface area contributed by atoms with Crippen LogP contribution >= 0.6 is 23.2 Å². The number of likely N-dealkylation sites (N-methyl/N-ethyl adjacent to an activating group) is 1. The van der Waals surface area contributed by atoms with Crippen molar-refractivity contribution in [2.45, 2.75) is 0 Å². The molecule has 6 nitrogen and oxygen atoms in total. The summed E-state index contributed by atoms with van der Waals surface area (Å²) in [6.45, 7) is 2.92. The molecule has 2 heterocycles. The summed E-state index contributed by atoms with van der Waals surface area (Å²) in [6.07, 6.45) is 0. The Morgan fingerprint density at radius 1 is 0.962 bits per heavy atom. The summed E-state index contributed by atoms with van der Waals surface area (Å²) < 4.78 is 0. The monoisotopic (exact) mass is 392 g/mol. The lowest BCUT2D eigenvalue weighted by Crippen LogP contribution is -2.47. The molecule has 0 atom stereocenters. The summed E-state index contributed by atoms with van der Waals surface area (Å²) in [5.74, 6) is -0.656. The standard InChI is InChI=1S/C18H18Cl2N4O2/c1-23-8-10-24(11-9-23)18(26)15-7-3-6-14(21-15)17(25)22-16-12(19)4-2-5-13(16)20/h2-7H,8-11H2,1H3,(H,22,25). The van der Waals surface area contributed by atoms with E-state index in [1.807, 2.05) is 7.05 Å². The van der Waals surface area contributed by atoms with Crippen LogP contribution in [0.1, 0.15) is 21.0 Å². The number of pyridine rings is 1. The Hall–Kier alpha value is -2.15. The second-order valence-corrected chi connectivity index (χ2v) is 6.87. The van der Waals surface area contributed by atoms with Crippen molar-refractivity contribution in [3.05, 3.63) is 57.8 Å². The first-order valence-electron chi connectivity index (χ1n) is 8.16. The Morgan fingerprint density at radius 3 is 2.19 bits per heavy atom. The van der Waals surface area contributed by atoms with Crippen LogP contribution in [0.15, 0.2) is 36.4 Å². The number of aromatic nitrogens is 1. The number of carbonyl (C=O) groups excluding carboxylic acids is 2. The summed E-state index contributed by atoms with van der Waals surface area (Å²) in [5.41, 5.74) is 0.687. The Morgan fingerprint density at radius 2 is 1.54 bits per heavy atom. The molecule has 1 aliphatic rings. The van der Waals surface area contributed by atoms with E-state index in [9.17, 15) is 9.59 Å². The van der Waals surface area contributed by atoms with Gasteiger partial charge in [0.15, 0.2) is 0 Å². The summed E-state index contributed by atoms with van der Waals surface area (Å²) >= 11 is 12.1. The van der Waals surface area contributed by atoms with Crippen LogP contribution in [-0.2, 0) is 0 Å². The molecular formula is C18H18Cl2N4O2. The molecule has 0 saturated carbocycles. The number of amides is 2. The van der Waals surface area contributed by atoms with Gasteiger partial charge in [0.05, 0.1) is 15.7 Å². The van der Waals surface area contributed by atoms with Gasteiger partial charge in [-0.05, 0) is 31.3 Å². The van der Waals surface area contributed by atoms with E-state index in [1.54, 1.807) is 41.3 Å². The number of rotatable bonds is 3. The quantitative estimate of drug-likeness (QED) is 0.871. The van der Waals surface area contributed by atoms with Crippen molar-refractivity contribution in [2.75, 3.05) is 38.5 Å². The Bertz CT molecular complexity index is 815. The molecular weight excluding hydrogens is 375 g/mol. The third kappa shape index (κ3) is 4.15. The number of piperazine rings is 1. The van der Waals surface area contributed by atoms with E-state index in [-0.39, 0.29) is 17.3 Å². The zero-order valence-electron chi connectivity index (χ0n) is 14.2. The van der Waals surface area contributed by atoms with Crippen molar-refractivity contribution in [3.63, 3.8) is 0 Å². The van der Waals surface area contributed by atoms with Crippen LogP contribution in [0.4, 0.5) is 5.69 Å². The van der Waals surface area contributed by atoms with Crippen LogP contribution in [0.25, 0.3) is 0 Å². The van der Waals surface area contributed by atoms with Crippen molar-refractivity contribution in [1.82, 2.24) is 14.8 Å². The van der Waals surface area contributed by atoms with E-state index >= 15 is 0 Å². The highest BCUT2D eigenvalue weighted by atomic mass is 35.5. The van der Waals surface area contributed by atoms with Gasteiger partial charge >= 0.3 is 0 Å². The molecule has 0 bridgehead atoms. The van der Waals surface area contributed by atoms with Crippen LogP contribution in [-0.4, -0.2) is 59.8 Å². The molecule has 1 N–H and O–H groups in total. The summed E-state index contributed by atoms with van der Waals surface area (Å²) in [7, 11) is 2.02. The maximum Gasteiger partial charge on any atom is 0.274 e. The molecule has 0 radical (unpaired) electrons. The van der Waals surface area contributed by atoms with Gasteiger partial charge < -0.3 is 15.1 Å². The van der Waals surface area contributed by atoms with E-state index in [2.05, 4.69) is 15.2 Å². The third-order valence-electron chi connectivity index (χ3n) is 4.19. The van der Waals surface area contributed by atoms with Gasteiger partial charge in [-0.2, -0.15) is 0 Å². The molecule has 8 heteroatoms. The highest BCUT2D eigenvalue weighted by Crippen LogP contribution is 2.30. The van der Waals surface area contributed by atoms with E-state index in [0.717, 1.165) is 13.1 Å². The topological polar surface area (TPSA) is 65.5 Å². The number of para-hydroxylation sites is 1. The number of carbonyl (C=O) groups is 2. The molecule has 1 aromatic heterocycles. The molecule has 2 aromatic rings. The summed E-state index contributed by atoms with van der Waals surface area (Å²) in [5, 5.41) is 3.31. The average Bonchev–Trinajstić information content (AvgIpc) is 2.65. The third-order valence-corrected chi connectivity index (χ3v) is 4.82. The fraction of sp³-hybridized carbons (Fsp3) is 0.278. The molecule has 0 aliphatic carbocycles. The van der Waals surface area contributed by atoms with Gasteiger partial charge in [-0.3, -0.25) is 9.59 Å². The number of halogens is 2. The summed E-state index contributed by atoms with van der Waals surface area (Å²) in [6, 6.07) is 9.74. The number of benzene rings is 1. The lowest BCUT2D eigenvalue weighted by molar-refractivity contribution is 0.0658. The van der Waals surface area contributed by atoms with Crippen LogP contribution in [0.2, 0.25) is 10.0 Å². The Kier molecular flexibility index (Phi) is 5.76. The van der Waals surface area contributed by atoms with E-state index in [0.29, 0.717) is 28.8 Å². The fourth-order valence-electron chi connectivity index (χ4n) is 2.65.